The Hall–Kier alpha value is -1.56. The van der Waals surface area contributed by atoms with Gasteiger partial charge in [0.2, 0.25) is 10.0 Å². The third-order valence-corrected chi connectivity index (χ3v) is 4.71. The van der Waals surface area contributed by atoms with Crippen molar-refractivity contribution in [3.05, 3.63) is 59.7 Å². The number of rotatable bonds is 6. The fourth-order valence-electron chi connectivity index (χ4n) is 1.84. The Balaban J connectivity index is 2.09. The summed E-state index contributed by atoms with van der Waals surface area (Å²) in [5, 5.41) is 0. The molecule has 0 saturated carbocycles. The van der Waals surface area contributed by atoms with Crippen molar-refractivity contribution < 1.29 is 13.2 Å². The molecule has 0 aromatic heterocycles. The number of ether oxygens (including phenoxy) is 1. The smallest absolute Gasteiger partial charge is 0.240 e. The van der Waals surface area contributed by atoms with Gasteiger partial charge in [-0.2, -0.15) is 0 Å². The lowest BCUT2D eigenvalue weighted by atomic mass is 10.1. The van der Waals surface area contributed by atoms with Gasteiger partial charge in [-0.15, -0.1) is 11.6 Å². The number of benzene rings is 2. The molecule has 4 nitrogen and oxygen atoms in total. The van der Waals surface area contributed by atoms with Gasteiger partial charge in [0.15, 0.2) is 0 Å². The average molecular weight is 326 g/mol. The summed E-state index contributed by atoms with van der Waals surface area (Å²) < 4.78 is 31.9. The zero-order chi connectivity index (χ0) is 15.3. The largest absolute Gasteiger partial charge is 0.497 e. The highest BCUT2D eigenvalue weighted by Gasteiger charge is 2.13. The number of alkyl halides is 1. The van der Waals surface area contributed by atoms with E-state index in [0.29, 0.717) is 11.6 Å². The standard InChI is InChI=1S/C15H16ClNO3S/c1-20-14-5-7-15(8-6-14)21(18,19)17-11-13-4-2-3-12(9-13)10-16/h2-9,17H,10-11H2,1H3. The minimum atomic E-state index is -3.54. The van der Waals surface area contributed by atoms with Crippen LogP contribution in [0.5, 0.6) is 5.75 Å². The summed E-state index contributed by atoms with van der Waals surface area (Å²) in [4.78, 5) is 0.205. The topological polar surface area (TPSA) is 55.4 Å². The number of hydrogen-bond acceptors (Lipinski definition) is 3. The van der Waals surface area contributed by atoms with Gasteiger partial charge in [-0.1, -0.05) is 24.3 Å². The van der Waals surface area contributed by atoms with E-state index in [0.717, 1.165) is 11.1 Å². The maximum Gasteiger partial charge on any atom is 0.240 e. The number of sulfonamides is 1. The van der Waals surface area contributed by atoms with E-state index in [4.69, 9.17) is 16.3 Å². The Morgan fingerprint density at radius 2 is 1.76 bits per heavy atom. The van der Waals surface area contributed by atoms with E-state index in [1.165, 1.54) is 19.2 Å². The molecule has 0 bridgehead atoms. The fourth-order valence-corrected chi connectivity index (χ4v) is 3.02. The third-order valence-electron chi connectivity index (χ3n) is 2.98. The van der Waals surface area contributed by atoms with E-state index in [1.807, 2.05) is 24.3 Å². The van der Waals surface area contributed by atoms with Gasteiger partial charge >= 0.3 is 0 Å². The summed E-state index contributed by atoms with van der Waals surface area (Å²) >= 11 is 5.76. The van der Waals surface area contributed by atoms with Gasteiger partial charge in [-0.05, 0) is 35.4 Å². The summed E-state index contributed by atoms with van der Waals surface area (Å²) in [7, 11) is -2.01. The molecule has 2 aromatic rings. The Morgan fingerprint density at radius 3 is 2.38 bits per heavy atom. The molecular formula is C15H16ClNO3S. The van der Waals surface area contributed by atoms with Crippen LogP contribution in [0.25, 0.3) is 0 Å². The maximum atomic E-state index is 12.2. The Kier molecular flexibility index (Phi) is 5.22. The monoisotopic (exact) mass is 325 g/mol. The molecule has 1 N–H and O–H groups in total. The van der Waals surface area contributed by atoms with Crippen LogP contribution in [0.2, 0.25) is 0 Å². The summed E-state index contributed by atoms with van der Waals surface area (Å²) in [6.45, 7) is 0.221. The van der Waals surface area contributed by atoms with E-state index >= 15 is 0 Å². The molecule has 112 valence electrons. The average Bonchev–Trinajstić information content (AvgIpc) is 2.53. The summed E-state index contributed by atoms with van der Waals surface area (Å²) in [6, 6.07) is 13.7. The minimum absolute atomic E-state index is 0.205. The van der Waals surface area contributed by atoms with Gasteiger partial charge in [-0.25, -0.2) is 13.1 Å². The summed E-state index contributed by atoms with van der Waals surface area (Å²) in [5.41, 5.74) is 1.82. The molecule has 0 unspecified atom stereocenters. The Bertz CT molecular complexity index is 699. The lowest BCUT2D eigenvalue weighted by molar-refractivity contribution is 0.414. The van der Waals surface area contributed by atoms with E-state index in [-0.39, 0.29) is 11.4 Å². The molecule has 0 fully saturated rings. The van der Waals surface area contributed by atoms with Crippen LogP contribution in [0, 0.1) is 0 Å². The molecule has 0 saturated heterocycles. The van der Waals surface area contributed by atoms with Gasteiger partial charge in [0.25, 0.3) is 0 Å². The van der Waals surface area contributed by atoms with Crippen LogP contribution >= 0.6 is 11.6 Å². The van der Waals surface area contributed by atoms with Crippen molar-refractivity contribution in [3.8, 4) is 5.75 Å². The second-order valence-corrected chi connectivity index (χ2v) is 6.49. The van der Waals surface area contributed by atoms with Crippen LogP contribution in [-0.4, -0.2) is 15.5 Å². The molecule has 2 rings (SSSR count). The van der Waals surface area contributed by atoms with Crippen LogP contribution in [0.1, 0.15) is 11.1 Å². The van der Waals surface area contributed by atoms with Crippen LogP contribution < -0.4 is 9.46 Å². The molecule has 0 spiro atoms. The molecule has 0 radical (unpaired) electrons. The van der Waals surface area contributed by atoms with E-state index in [9.17, 15) is 8.42 Å². The Labute approximate surface area is 129 Å². The molecule has 2 aromatic carbocycles. The van der Waals surface area contributed by atoms with Crippen molar-refractivity contribution in [2.45, 2.75) is 17.3 Å². The van der Waals surface area contributed by atoms with Crippen molar-refractivity contribution in [2.75, 3.05) is 7.11 Å². The first-order chi connectivity index (χ1) is 10.0. The van der Waals surface area contributed by atoms with Crippen LogP contribution in [0.15, 0.2) is 53.4 Å². The van der Waals surface area contributed by atoms with Crippen LogP contribution in [0.3, 0.4) is 0 Å². The lowest BCUT2D eigenvalue weighted by Gasteiger charge is -2.08. The maximum absolute atomic E-state index is 12.2. The van der Waals surface area contributed by atoms with Gasteiger partial charge in [0, 0.05) is 12.4 Å². The van der Waals surface area contributed by atoms with Crippen molar-refractivity contribution in [1.29, 1.82) is 0 Å². The molecule has 0 amide bonds. The lowest BCUT2D eigenvalue weighted by Crippen LogP contribution is -2.23. The summed E-state index contributed by atoms with van der Waals surface area (Å²) in [6.07, 6.45) is 0. The molecule has 0 heterocycles. The van der Waals surface area contributed by atoms with E-state index in [2.05, 4.69) is 4.72 Å². The molecule has 0 aliphatic rings. The van der Waals surface area contributed by atoms with E-state index in [1.54, 1.807) is 12.1 Å². The normalized spacial score (nSPS) is 11.3. The van der Waals surface area contributed by atoms with Crippen LogP contribution in [0.4, 0.5) is 0 Å². The fraction of sp³-hybridized carbons (Fsp3) is 0.200. The molecule has 21 heavy (non-hydrogen) atoms. The highest BCUT2D eigenvalue weighted by Crippen LogP contribution is 2.16. The van der Waals surface area contributed by atoms with Gasteiger partial charge < -0.3 is 4.74 Å². The first-order valence-corrected chi connectivity index (χ1v) is 8.34. The van der Waals surface area contributed by atoms with Crippen molar-refractivity contribution in [3.63, 3.8) is 0 Å². The summed E-state index contributed by atoms with van der Waals surface area (Å²) in [5.74, 6) is 1.02. The number of hydrogen-bond donors (Lipinski definition) is 1. The van der Waals surface area contributed by atoms with Gasteiger partial charge in [-0.3, -0.25) is 0 Å². The predicted octanol–water partition coefficient (Wildman–Crippen LogP) is 2.91. The number of nitrogens with one attached hydrogen (secondary N) is 1. The van der Waals surface area contributed by atoms with Crippen molar-refractivity contribution in [2.24, 2.45) is 0 Å². The second-order valence-electron chi connectivity index (χ2n) is 4.45. The highest BCUT2D eigenvalue weighted by molar-refractivity contribution is 7.89. The zero-order valence-electron chi connectivity index (χ0n) is 11.5. The Morgan fingerprint density at radius 1 is 1.10 bits per heavy atom. The first-order valence-electron chi connectivity index (χ1n) is 6.32. The molecule has 6 heteroatoms. The van der Waals surface area contributed by atoms with E-state index < -0.39 is 10.0 Å². The molecular weight excluding hydrogens is 310 g/mol. The van der Waals surface area contributed by atoms with Crippen molar-refractivity contribution in [1.82, 2.24) is 4.72 Å². The minimum Gasteiger partial charge on any atom is -0.497 e. The molecule has 0 atom stereocenters. The van der Waals surface area contributed by atoms with Gasteiger partial charge in [0.1, 0.15) is 5.75 Å². The second kappa shape index (κ2) is 6.93. The number of halogens is 1. The van der Waals surface area contributed by atoms with Crippen LogP contribution in [-0.2, 0) is 22.4 Å². The van der Waals surface area contributed by atoms with Gasteiger partial charge in [0.05, 0.1) is 12.0 Å². The molecule has 0 aliphatic carbocycles. The third kappa shape index (κ3) is 4.20. The quantitative estimate of drug-likeness (QED) is 0.831. The zero-order valence-corrected chi connectivity index (χ0v) is 13.1. The number of methoxy groups -OCH3 is 1. The highest BCUT2D eigenvalue weighted by atomic mass is 35.5. The van der Waals surface area contributed by atoms with Crippen molar-refractivity contribution >= 4 is 21.6 Å². The predicted molar refractivity (Wildman–Crippen MR) is 83.0 cm³/mol. The molecule has 0 aliphatic heterocycles. The first kappa shape index (κ1) is 15.8. The SMILES string of the molecule is COc1ccc(S(=O)(=O)NCc2cccc(CCl)c2)cc1.